The summed E-state index contributed by atoms with van der Waals surface area (Å²) in [5, 5.41) is 7.50. The van der Waals surface area contributed by atoms with E-state index < -0.39 is 0 Å². The first-order valence-corrected chi connectivity index (χ1v) is 6.95. The molecule has 0 radical (unpaired) electrons. The highest BCUT2D eigenvalue weighted by atomic mass is 16.5. The third-order valence-corrected chi connectivity index (χ3v) is 3.51. The molecule has 0 atom stereocenters. The number of nitrogens with one attached hydrogen (secondary N) is 1. The minimum atomic E-state index is 0.815. The van der Waals surface area contributed by atoms with Gasteiger partial charge < -0.3 is 15.0 Å². The second-order valence-corrected chi connectivity index (χ2v) is 5.02. The molecule has 1 aliphatic heterocycles. The van der Waals surface area contributed by atoms with Crippen LogP contribution < -0.4 is 10.2 Å². The average molecular weight is 272 g/mol. The molecule has 5 nitrogen and oxygen atoms in total. The van der Waals surface area contributed by atoms with E-state index in [-0.39, 0.29) is 0 Å². The van der Waals surface area contributed by atoms with Crippen molar-refractivity contribution in [2.24, 2.45) is 7.05 Å². The van der Waals surface area contributed by atoms with E-state index in [1.54, 1.807) is 4.68 Å². The molecule has 1 aliphatic rings. The maximum absolute atomic E-state index is 5.37. The number of morpholine rings is 1. The Bertz CT molecular complexity index is 543. The standard InChI is InChI=1S/C15H20N4O/c1-18-12-14(11-17-18)16-10-13-2-4-15(5-3-13)19-6-8-20-9-7-19/h2-5,11-12,16H,6-10H2,1H3. The van der Waals surface area contributed by atoms with Gasteiger partial charge in [0.05, 0.1) is 25.1 Å². The van der Waals surface area contributed by atoms with Crippen LogP contribution in [0.3, 0.4) is 0 Å². The second kappa shape index (κ2) is 5.96. The number of hydrogen-bond acceptors (Lipinski definition) is 4. The molecule has 0 aliphatic carbocycles. The van der Waals surface area contributed by atoms with E-state index in [0.717, 1.165) is 38.5 Å². The van der Waals surface area contributed by atoms with Crippen LogP contribution in [-0.4, -0.2) is 36.1 Å². The van der Waals surface area contributed by atoms with E-state index >= 15 is 0 Å². The number of anilines is 2. The van der Waals surface area contributed by atoms with E-state index in [2.05, 4.69) is 39.6 Å². The van der Waals surface area contributed by atoms with Crippen molar-refractivity contribution in [1.29, 1.82) is 0 Å². The molecule has 1 aromatic heterocycles. The topological polar surface area (TPSA) is 42.3 Å². The summed E-state index contributed by atoms with van der Waals surface area (Å²) in [7, 11) is 1.92. The summed E-state index contributed by atoms with van der Waals surface area (Å²) >= 11 is 0. The summed E-state index contributed by atoms with van der Waals surface area (Å²) in [4.78, 5) is 2.36. The molecule has 0 spiro atoms. The normalized spacial score (nSPS) is 15.3. The van der Waals surface area contributed by atoms with Crippen LogP contribution in [0, 0.1) is 0 Å². The molecule has 0 amide bonds. The maximum Gasteiger partial charge on any atom is 0.0729 e. The van der Waals surface area contributed by atoms with Crippen LogP contribution in [0.2, 0.25) is 0 Å². The average Bonchev–Trinajstić information content (AvgIpc) is 2.92. The molecule has 20 heavy (non-hydrogen) atoms. The van der Waals surface area contributed by atoms with Gasteiger partial charge in [-0.25, -0.2) is 0 Å². The second-order valence-electron chi connectivity index (χ2n) is 5.02. The van der Waals surface area contributed by atoms with Gasteiger partial charge in [0.2, 0.25) is 0 Å². The highest BCUT2D eigenvalue weighted by molar-refractivity contribution is 5.48. The van der Waals surface area contributed by atoms with Crippen molar-refractivity contribution in [3.63, 3.8) is 0 Å². The van der Waals surface area contributed by atoms with Crippen LogP contribution in [0.25, 0.3) is 0 Å². The summed E-state index contributed by atoms with van der Waals surface area (Å²) in [5.41, 5.74) is 3.59. The molecule has 0 bridgehead atoms. The minimum absolute atomic E-state index is 0.815. The third-order valence-electron chi connectivity index (χ3n) is 3.51. The van der Waals surface area contributed by atoms with Gasteiger partial charge in [-0.15, -0.1) is 0 Å². The summed E-state index contributed by atoms with van der Waals surface area (Å²) in [6, 6.07) is 8.72. The van der Waals surface area contributed by atoms with Crippen molar-refractivity contribution in [1.82, 2.24) is 9.78 Å². The van der Waals surface area contributed by atoms with Crippen LogP contribution in [0.1, 0.15) is 5.56 Å². The van der Waals surface area contributed by atoms with E-state index in [4.69, 9.17) is 4.74 Å². The molecular weight excluding hydrogens is 252 g/mol. The zero-order valence-corrected chi connectivity index (χ0v) is 11.7. The minimum Gasteiger partial charge on any atom is -0.378 e. The monoisotopic (exact) mass is 272 g/mol. The molecule has 0 unspecified atom stereocenters. The number of rotatable bonds is 4. The van der Waals surface area contributed by atoms with Crippen LogP contribution in [0.4, 0.5) is 11.4 Å². The number of benzene rings is 1. The Kier molecular flexibility index (Phi) is 3.87. The summed E-state index contributed by atoms with van der Waals surface area (Å²) in [6.45, 7) is 4.42. The van der Waals surface area contributed by atoms with Gasteiger partial charge in [0.1, 0.15) is 0 Å². The zero-order valence-electron chi connectivity index (χ0n) is 11.7. The van der Waals surface area contributed by atoms with Crippen LogP contribution in [-0.2, 0) is 18.3 Å². The highest BCUT2D eigenvalue weighted by Gasteiger charge is 2.10. The van der Waals surface area contributed by atoms with Gasteiger partial charge in [-0.3, -0.25) is 4.68 Å². The lowest BCUT2D eigenvalue weighted by molar-refractivity contribution is 0.122. The van der Waals surface area contributed by atoms with Crippen molar-refractivity contribution in [2.45, 2.75) is 6.54 Å². The number of aryl methyl sites for hydroxylation is 1. The van der Waals surface area contributed by atoms with E-state index in [1.165, 1.54) is 11.3 Å². The Balaban J connectivity index is 1.58. The first kappa shape index (κ1) is 13.0. The first-order valence-electron chi connectivity index (χ1n) is 6.95. The van der Waals surface area contributed by atoms with E-state index in [1.807, 2.05) is 19.4 Å². The quantitative estimate of drug-likeness (QED) is 0.922. The Morgan fingerprint density at radius 1 is 1.20 bits per heavy atom. The lowest BCUT2D eigenvalue weighted by Crippen LogP contribution is -2.36. The number of ether oxygens (including phenoxy) is 1. The largest absolute Gasteiger partial charge is 0.378 e. The van der Waals surface area contributed by atoms with Crippen molar-refractivity contribution >= 4 is 11.4 Å². The smallest absolute Gasteiger partial charge is 0.0729 e. The van der Waals surface area contributed by atoms with Gasteiger partial charge >= 0.3 is 0 Å². The maximum atomic E-state index is 5.37. The van der Waals surface area contributed by atoms with E-state index in [9.17, 15) is 0 Å². The Morgan fingerprint density at radius 3 is 2.60 bits per heavy atom. The molecule has 1 saturated heterocycles. The summed E-state index contributed by atoms with van der Waals surface area (Å²) < 4.78 is 7.17. The molecule has 1 fully saturated rings. The Labute approximate surface area is 119 Å². The predicted octanol–water partition coefficient (Wildman–Crippen LogP) is 1.87. The molecule has 5 heteroatoms. The van der Waals surface area contributed by atoms with Gasteiger partial charge in [0, 0.05) is 38.6 Å². The lowest BCUT2D eigenvalue weighted by Gasteiger charge is -2.28. The molecule has 0 saturated carbocycles. The fourth-order valence-electron chi connectivity index (χ4n) is 2.36. The number of aromatic nitrogens is 2. The Hall–Kier alpha value is -2.01. The number of nitrogens with zero attached hydrogens (tertiary/aromatic N) is 3. The predicted molar refractivity (Wildman–Crippen MR) is 80.0 cm³/mol. The highest BCUT2D eigenvalue weighted by Crippen LogP contribution is 2.17. The SMILES string of the molecule is Cn1cc(NCc2ccc(N3CCOCC3)cc2)cn1. The summed E-state index contributed by atoms with van der Waals surface area (Å²) in [5.74, 6) is 0. The van der Waals surface area contributed by atoms with Crippen LogP contribution >= 0.6 is 0 Å². The molecule has 3 rings (SSSR count). The lowest BCUT2D eigenvalue weighted by atomic mass is 10.2. The molecular formula is C15H20N4O. The van der Waals surface area contributed by atoms with Gasteiger partial charge in [-0.1, -0.05) is 12.1 Å². The van der Waals surface area contributed by atoms with E-state index in [0.29, 0.717) is 0 Å². The fourth-order valence-corrected chi connectivity index (χ4v) is 2.36. The van der Waals surface area contributed by atoms with Crippen LogP contribution in [0.5, 0.6) is 0 Å². The van der Waals surface area contributed by atoms with Crippen LogP contribution in [0.15, 0.2) is 36.7 Å². The molecule has 1 N–H and O–H groups in total. The third kappa shape index (κ3) is 3.11. The molecule has 2 heterocycles. The molecule has 2 aromatic rings. The van der Waals surface area contributed by atoms with Crippen molar-refractivity contribution in [2.75, 3.05) is 36.5 Å². The summed E-state index contributed by atoms with van der Waals surface area (Å²) in [6.07, 6.45) is 3.81. The Morgan fingerprint density at radius 2 is 1.95 bits per heavy atom. The zero-order chi connectivity index (χ0) is 13.8. The fraction of sp³-hybridized carbons (Fsp3) is 0.400. The van der Waals surface area contributed by atoms with Gasteiger partial charge in [0.15, 0.2) is 0 Å². The number of hydrogen-bond donors (Lipinski definition) is 1. The van der Waals surface area contributed by atoms with Gasteiger partial charge in [0.25, 0.3) is 0 Å². The van der Waals surface area contributed by atoms with Gasteiger partial charge in [-0.05, 0) is 17.7 Å². The first-order chi connectivity index (χ1) is 9.81. The van der Waals surface area contributed by atoms with Crippen molar-refractivity contribution in [3.8, 4) is 0 Å². The molecule has 1 aromatic carbocycles. The van der Waals surface area contributed by atoms with Crippen molar-refractivity contribution in [3.05, 3.63) is 42.2 Å². The van der Waals surface area contributed by atoms with Gasteiger partial charge in [-0.2, -0.15) is 5.10 Å². The molecule has 106 valence electrons. The van der Waals surface area contributed by atoms with Crippen molar-refractivity contribution < 1.29 is 4.74 Å².